The Labute approximate surface area is 104 Å². The average molecular weight is 253 g/mol. The van der Waals surface area contributed by atoms with E-state index in [0.717, 1.165) is 21.4 Å². The van der Waals surface area contributed by atoms with Crippen molar-refractivity contribution < 1.29 is 0 Å². The second-order valence-corrected chi connectivity index (χ2v) is 5.16. The summed E-state index contributed by atoms with van der Waals surface area (Å²) >= 11 is 7.50. The number of thiazole rings is 1. The van der Waals surface area contributed by atoms with Crippen molar-refractivity contribution in [1.29, 1.82) is 0 Å². The number of nitrogens with zero attached hydrogens (tertiary/aromatic N) is 1. The van der Waals surface area contributed by atoms with Crippen LogP contribution in [0.15, 0.2) is 29.6 Å². The molecule has 1 atom stereocenters. The maximum Gasteiger partial charge on any atom is 0.0898 e. The summed E-state index contributed by atoms with van der Waals surface area (Å²) in [5, 5.41) is 7.32. The summed E-state index contributed by atoms with van der Waals surface area (Å²) in [6.07, 6.45) is 0. The standard InChI is InChI=1S/C12H13ClN2S/c1-8(12-7-16-9(2)15-12)14-11-5-3-10(13)4-6-11/h3-8,14H,1-2H3. The molecule has 0 fully saturated rings. The Morgan fingerprint density at radius 1 is 1.31 bits per heavy atom. The van der Waals surface area contributed by atoms with Crippen LogP contribution in [0.1, 0.15) is 23.7 Å². The van der Waals surface area contributed by atoms with Gasteiger partial charge in [0.1, 0.15) is 0 Å². The van der Waals surface area contributed by atoms with Gasteiger partial charge in [-0.05, 0) is 38.1 Å². The zero-order valence-corrected chi connectivity index (χ0v) is 10.8. The number of aryl methyl sites for hydroxylation is 1. The molecule has 4 heteroatoms. The highest BCUT2D eigenvalue weighted by Crippen LogP contribution is 2.21. The van der Waals surface area contributed by atoms with E-state index in [0.29, 0.717) is 0 Å². The third-order valence-corrected chi connectivity index (χ3v) is 3.35. The Balaban J connectivity index is 2.07. The van der Waals surface area contributed by atoms with Crippen molar-refractivity contribution >= 4 is 28.6 Å². The van der Waals surface area contributed by atoms with Crippen LogP contribution in [0.25, 0.3) is 0 Å². The Kier molecular flexibility index (Phi) is 3.46. The number of hydrogen-bond acceptors (Lipinski definition) is 3. The Hall–Kier alpha value is -1.06. The van der Waals surface area contributed by atoms with E-state index in [-0.39, 0.29) is 6.04 Å². The van der Waals surface area contributed by atoms with Crippen molar-refractivity contribution in [2.75, 3.05) is 5.32 Å². The lowest BCUT2D eigenvalue weighted by molar-refractivity contribution is 0.845. The SMILES string of the molecule is Cc1nc(C(C)Nc2ccc(Cl)cc2)cs1. The molecule has 0 spiro atoms. The smallest absolute Gasteiger partial charge is 0.0898 e. The predicted molar refractivity (Wildman–Crippen MR) is 70.3 cm³/mol. The summed E-state index contributed by atoms with van der Waals surface area (Å²) in [6, 6.07) is 7.91. The second kappa shape index (κ2) is 4.85. The minimum Gasteiger partial charge on any atom is -0.377 e. The highest BCUT2D eigenvalue weighted by molar-refractivity contribution is 7.09. The lowest BCUT2D eigenvalue weighted by atomic mass is 10.2. The van der Waals surface area contributed by atoms with Gasteiger partial charge in [0.05, 0.1) is 16.7 Å². The first-order chi connectivity index (χ1) is 7.65. The minimum atomic E-state index is 0.214. The van der Waals surface area contributed by atoms with Gasteiger partial charge in [0.15, 0.2) is 0 Å². The van der Waals surface area contributed by atoms with Gasteiger partial charge < -0.3 is 5.32 Å². The van der Waals surface area contributed by atoms with E-state index < -0.39 is 0 Å². The van der Waals surface area contributed by atoms with Crippen LogP contribution in [-0.4, -0.2) is 4.98 Å². The fourth-order valence-electron chi connectivity index (χ4n) is 1.45. The molecule has 0 bridgehead atoms. The first-order valence-electron chi connectivity index (χ1n) is 5.09. The van der Waals surface area contributed by atoms with Gasteiger partial charge in [-0.3, -0.25) is 0 Å². The normalized spacial score (nSPS) is 12.4. The molecule has 0 saturated carbocycles. The van der Waals surface area contributed by atoms with Crippen molar-refractivity contribution in [2.45, 2.75) is 19.9 Å². The molecule has 1 aromatic carbocycles. The molecule has 1 aromatic heterocycles. The molecule has 0 amide bonds. The van der Waals surface area contributed by atoms with E-state index in [9.17, 15) is 0 Å². The van der Waals surface area contributed by atoms with Crippen molar-refractivity contribution in [3.05, 3.63) is 45.4 Å². The van der Waals surface area contributed by atoms with Gasteiger partial charge in [-0.1, -0.05) is 11.6 Å². The van der Waals surface area contributed by atoms with Crippen molar-refractivity contribution in [3.63, 3.8) is 0 Å². The van der Waals surface area contributed by atoms with Gasteiger partial charge in [-0.15, -0.1) is 11.3 Å². The first-order valence-corrected chi connectivity index (χ1v) is 6.35. The summed E-state index contributed by atoms with van der Waals surface area (Å²) in [4.78, 5) is 4.45. The Morgan fingerprint density at radius 2 is 2.00 bits per heavy atom. The van der Waals surface area contributed by atoms with E-state index in [1.165, 1.54) is 0 Å². The van der Waals surface area contributed by atoms with Gasteiger partial charge in [-0.25, -0.2) is 4.98 Å². The summed E-state index contributed by atoms with van der Waals surface area (Å²) < 4.78 is 0. The highest BCUT2D eigenvalue weighted by Gasteiger charge is 2.08. The molecular formula is C12H13ClN2S. The van der Waals surface area contributed by atoms with Crippen LogP contribution < -0.4 is 5.32 Å². The number of aromatic nitrogens is 1. The van der Waals surface area contributed by atoms with Gasteiger partial charge in [0, 0.05) is 16.1 Å². The molecule has 0 aliphatic heterocycles. The molecule has 0 radical (unpaired) electrons. The Morgan fingerprint density at radius 3 is 2.56 bits per heavy atom. The number of anilines is 1. The summed E-state index contributed by atoms with van der Waals surface area (Å²) in [5.41, 5.74) is 2.14. The molecule has 0 aliphatic rings. The Bertz CT molecular complexity index is 464. The van der Waals surface area contributed by atoms with E-state index in [1.807, 2.05) is 31.2 Å². The number of halogens is 1. The molecule has 16 heavy (non-hydrogen) atoms. The molecule has 0 aliphatic carbocycles. The van der Waals surface area contributed by atoms with Gasteiger partial charge in [0.2, 0.25) is 0 Å². The maximum atomic E-state index is 5.83. The molecule has 0 saturated heterocycles. The maximum absolute atomic E-state index is 5.83. The largest absolute Gasteiger partial charge is 0.377 e. The van der Waals surface area contributed by atoms with Crippen LogP contribution in [-0.2, 0) is 0 Å². The fourth-order valence-corrected chi connectivity index (χ4v) is 2.28. The molecule has 1 heterocycles. The van der Waals surface area contributed by atoms with E-state index in [4.69, 9.17) is 11.6 Å². The van der Waals surface area contributed by atoms with Crippen LogP contribution in [0, 0.1) is 6.92 Å². The number of rotatable bonds is 3. The lowest BCUT2D eigenvalue weighted by Gasteiger charge is -2.12. The van der Waals surface area contributed by atoms with Gasteiger partial charge >= 0.3 is 0 Å². The topological polar surface area (TPSA) is 24.9 Å². The molecule has 2 aromatic rings. The number of benzene rings is 1. The second-order valence-electron chi connectivity index (χ2n) is 3.66. The molecule has 2 nitrogen and oxygen atoms in total. The van der Waals surface area contributed by atoms with Crippen LogP contribution in [0.5, 0.6) is 0 Å². The fraction of sp³-hybridized carbons (Fsp3) is 0.250. The highest BCUT2D eigenvalue weighted by atomic mass is 35.5. The summed E-state index contributed by atoms with van der Waals surface area (Å²) in [5.74, 6) is 0. The summed E-state index contributed by atoms with van der Waals surface area (Å²) in [7, 11) is 0. The van der Waals surface area contributed by atoms with Crippen LogP contribution in [0.2, 0.25) is 5.02 Å². The molecule has 84 valence electrons. The average Bonchev–Trinajstić information content (AvgIpc) is 2.68. The lowest BCUT2D eigenvalue weighted by Crippen LogP contribution is -2.06. The van der Waals surface area contributed by atoms with Crippen LogP contribution in [0.4, 0.5) is 5.69 Å². The van der Waals surface area contributed by atoms with E-state index in [1.54, 1.807) is 11.3 Å². The third kappa shape index (κ3) is 2.74. The molecule has 1 N–H and O–H groups in total. The van der Waals surface area contributed by atoms with E-state index >= 15 is 0 Å². The van der Waals surface area contributed by atoms with Crippen LogP contribution >= 0.6 is 22.9 Å². The number of hydrogen-bond donors (Lipinski definition) is 1. The minimum absolute atomic E-state index is 0.214. The number of nitrogens with one attached hydrogen (secondary N) is 1. The van der Waals surface area contributed by atoms with Crippen molar-refractivity contribution in [3.8, 4) is 0 Å². The quantitative estimate of drug-likeness (QED) is 0.882. The summed E-state index contributed by atoms with van der Waals surface area (Å²) in [6.45, 7) is 4.12. The molecule has 2 rings (SSSR count). The first kappa shape index (κ1) is 11.4. The molecule has 1 unspecified atom stereocenters. The van der Waals surface area contributed by atoms with Gasteiger partial charge in [0.25, 0.3) is 0 Å². The van der Waals surface area contributed by atoms with E-state index in [2.05, 4.69) is 22.6 Å². The zero-order chi connectivity index (χ0) is 11.5. The molecular weight excluding hydrogens is 240 g/mol. The van der Waals surface area contributed by atoms with Crippen molar-refractivity contribution in [1.82, 2.24) is 4.98 Å². The van der Waals surface area contributed by atoms with Crippen molar-refractivity contribution in [2.24, 2.45) is 0 Å². The predicted octanol–water partition coefficient (Wildman–Crippen LogP) is 4.28. The van der Waals surface area contributed by atoms with Gasteiger partial charge in [-0.2, -0.15) is 0 Å². The zero-order valence-electron chi connectivity index (χ0n) is 9.20. The third-order valence-electron chi connectivity index (χ3n) is 2.31. The van der Waals surface area contributed by atoms with Crippen LogP contribution in [0.3, 0.4) is 0 Å². The monoisotopic (exact) mass is 252 g/mol.